The quantitative estimate of drug-likeness (QED) is 0.609. The van der Waals surface area contributed by atoms with Gasteiger partial charge in [-0.25, -0.2) is 4.79 Å². The molecule has 0 saturated carbocycles. The molecule has 2 aliphatic heterocycles. The number of aromatic nitrogens is 1. The maximum atomic E-state index is 12.4. The number of carbonyl (C=O) groups excluding carboxylic acids is 1. The van der Waals surface area contributed by atoms with E-state index < -0.39 is 10.5 Å². The van der Waals surface area contributed by atoms with E-state index in [0.29, 0.717) is 19.0 Å². The molecular formula is C16H22N4O4. The second-order valence-electron chi connectivity index (χ2n) is 7.41. The molecule has 3 atom stereocenters. The summed E-state index contributed by atoms with van der Waals surface area (Å²) >= 11 is 0. The number of amides is 1. The molecule has 2 bridgehead atoms. The van der Waals surface area contributed by atoms with Gasteiger partial charge in [-0.1, -0.05) is 6.92 Å². The zero-order valence-electron chi connectivity index (χ0n) is 14.3. The fourth-order valence-electron chi connectivity index (χ4n) is 3.51. The monoisotopic (exact) mass is 334 g/mol. The normalized spacial score (nSPS) is 25.9. The summed E-state index contributed by atoms with van der Waals surface area (Å²) in [6.07, 6.45) is 1.26. The molecule has 0 N–H and O–H groups in total. The Hall–Kier alpha value is -2.38. The smallest absolute Gasteiger partial charge is 0.410 e. The van der Waals surface area contributed by atoms with Crippen LogP contribution in [-0.2, 0) is 4.74 Å². The lowest BCUT2D eigenvalue weighted by Gasteiger charge is -2.35. The highest BCUT2D eigenvalue weighted by molar-refractivity contribution is 5.70. The molecule has 0 aromatic carbocycles. The Morgan fingerprint density at radius 1 is 1.33 bits per heavy atom. The first-order chi connectivity index (χ1) is 11.2. The molecule has 3 heterocycles. The number of nitro groups is 1. The summed E-state index contributed by atoms with van der Waals surface area (Å²) in [5.74, 6) is 0.152. The molecule has 130 valence electrons. The van der Waals surface area contributed by atoms with Crippen molar-refractivity contribution in [2.24, 2.45) is 5.92 Å². The van der Waals surface area contributed by atoms with Crippen molar-refractivity contribution in [2.75, 3.05) is 18.0 Å². The number of ether oxygens (including phenoxy) is 1. The molecule has 8 nitrogen and oxygen atoms in total. The van der Waals surface area contributed by atoms with Crippen molar-refractivity contribution in [3.63, 3.8) is 0 Å². The maximum Gasteiger partial charge on any atom is 0.410 e. The summed E-state index contributed by atoms with van der Waals surface area (Å²) in [4.78, 5) is 30.4. The van der Waals surface area contributed by atoms with Crippen molar-refractivity contribution in [1.82, 2.24) is 9.88 Å². The Balaban J connectivity index is 1.72. The zero-order valence-corrected chi connectivity index (χ0v) is 14.3. The fraction of sp³-hybridized carbons (Fsp3) is 0.625. The third-order valence-electron chi connectivity index (χ3n) is 4.66. The van der Waals surface area contributed by atoms with Gasteiger partial charge in [-0.3, -0.25) is 0 Å². The van der Waals surface area contributed by atoms with Crippen LogP contribution in [0.25, 0.3) is 0 Å². The number of rotatable bonds is 2. The van der Waals surface area contributed by atoms with E-state index >= 15 is 0 Å². The molecule has 8 heteroatoms. The summed E-state index contributed by atoms with van der Waals surface area (Å²) in [6, 6.07) is 3.39. The van der Waals surface area contributed by atoms with Crippen LogP contribution in [0.3, 0.4) is 0 Å². The first-order valence-electron chi connectivity index (χ1n) is 8.04. The second kappa shape index (κ2) is 5.61. The number of nitrogens with zero attached hydrogens (tertiary/aromatic N) is 4. The van der Waals surface area contributed by atoms with Gasteiger partial charge in [0.25, 0.3) is 0 Å². The van der Waals surface area contributed by atoms with Crippen LogP contribution in [-0.4, -0.2) is 51.7 Å². The van der Waals surface area contributed by atoms with Crippen LogP contribution in [0.15, 0.2) is 18.3 Å². The Bertz CT molecular complexity index is 655. The predicted molar refractivity (Wildman–Crippen MR) is 87.9 cm³/mol. The highest BCUT2D eigenvalue weighted by Gasteiger charge is 2.52. The largest absolute Gasteiger partial charge is 0.444 e. The molecule has 0 radical (unpaired) electrons. The predicted octanol–water partition coefficient (Wildman–Crippen LogP) is 2.43. The van der Waals surface area contributed by atoms with Crippen LogP contribution in [0, 0.1) is 16.0 Å². The van der Waals surface area contributed by atoms with Gasteiger partial charge in [-0.15, -0.1) is 0 Å². The first kappa shape index (κ1) is 16.5. The molecule has 0 spiro atoms. The lowest BCUT2D eigenvalue weighted by Crippen LogP contribution is -2.50. The van der Waals surface area contributed by atoms with Crippen molar-refractivity contribution in [2.45, 2.75) is 45.4 Å². The van der Waals surface area contributed by atoms with Gasteiger partial charge in [0.15, 0.2) is 6.20 Å². The Kier molecular flexibility index (Phi) is 3.85. The number of pyridine rings is 1. The molecule has 1 aromatic rings. The summed E-state index contributed by atoms with van der Waals surface area (Å²) in [5.41, 5.74) is 0.341. The first-order valence-corrected chi connectivity index (χ1v) is 8.04. The lowest BCUT2D eigenvalue weighted by molar-refractivity contribution is -0.389. The van der Waals surface area contributed by atoms with E-state index in [2.05, 4.69) is 16.8 Å². The van der Waals surface area contributed by atoms with Crippen LogP contribution in [0.4, 0.5) is 16.3 Å². The molecule has 2 aliphatic rings. The number of hydrogen-bond acceptors (Lipinski definition) is 6. The summed E-state index contributed by atoms with van der Waals surface area (Å²) in [6.45, 7) is 8.98. The van der Waals surface area contributed by atoms with E-state index in [0.717, 1.165) is 5.69 Å². The van der Waals surface area contributed by atoms with Crippen LogP contribution in [0.2, 0.25) is 0 Å². The number of likely N-dealkylation sites (tertiary alicyclic amines) is 1. The Morgan fingerprint density at radius 2 is 2.04 bits per heavy atom. The van der Waals surface area contributed by atoms with Gasteiger partial charge in [-0.2, -0.15) is 0 Å². The molecule has 2 unspecified atom stereocenters. The average molecular weight is 334 g/mol. The van der Waals surface area contributed by atoms with Crippen LogP contribution in [0.1, 0.15) is 27.7 Å². The SMILES string of the molecule is C[C@@H]1C2CN(c3ccc([N+](=O)[O-])nc3)C1CN2C(=O)OC(C)(C)C. The molecule has 1 aromatic heterocycles. The van der Waals surface area contributed by atoms with Gasteiger partial charge in [0.2, 0.25) is 0 Å². The van der Waals surface area contributed by atoms with Gasteiger partial charge in [-0.05, 0) is 36.7 Å². The van der Waals surface area contributed by atoms with Crippen LogP contribution >= 0.6 is 0 Å². The number of anilines is 1. The number of hydrogen-bond donors (Lipinski definition) is 0. The lowest BCUT2D eigenvalue weighted by atomic mass is 10.0. The zero-order chi connectivity index (χ0) is 17.6. The van der Waals surface area contributed by atoms with Crippen molar-refractivity contribution in [3.8, 4) is 0 Å². The van der Waals surface area contributed by atoms with E-state index in [4.69, 9.17) is 4.74 Å². The Morgan fingerprint density at radius 3 is 2.50 bits per heavy atom. The molecule has 2 fully saturated rings. The van der Waals surface area contributed by atoms with Crippen LogP contribution < -0.4 is 4.90 Å². The van der Waals surface area contributed by atoms with E-state index in [-0.39, 0.29) is 24.0 Å². The van der Waals surface area contributed by atoms with Gasteiger partial charge in [0.1, 0.15) is 5.60 Å². The minimum Gasteiger partial charge on any atom is -0.444 e. The molecular weight excluding hydrogens is 312 g/mol. The van der Waals surface area contributed by atoms with Gasteiger partial charge in [0, 0.05) is 25.1 Å². The van der Waals surface area contributed by atoms with E-state index in [1.54, 1.807) is 11.0 Å². The Labute approximate surface area is 140 Å². The molecule has 3 rings (SSSR count). The van der Waals surface area contributed by atoms with Crippen molar-refractivity contribution < 1.29 is 14.5 Å². The third-order valence-corrected chi connectivity index (χ3v) is 4.66. The second-order valence-corrected chi connectivity index (χ2v) is 7.41. The molecule has 24 heavy (non-hydrogen) atoms. The summed E-state index contributed by atoms with van der Waals surface area (Å²) < 4.78 is 5.49. The number of piperazine rings is 1. The number of carbonyl (C=O) groups is 1. The topological polar surface area (TPSA) is 88.8 Å². The highest BCUT2D eigenvalue weighted by atomic mass is 16.6. The minimum absolute atomic E-state index is 0.0834. The van der Waals surface area contributed by atoms with E-state index in [9.17, 15) is 14.9 Å². The van der Waals surface area contributed by atoms with E-state index in [1.165, 1.54) is 12.3 Å². The van der Waals surface area contributed by atoms with Crippen molar-refractivity contribution >= 4 is 17.6 Å². The molecule has 0 aliphatic carbocycles. The molecule has 1 amide bonds. The standard InChI is InChI=1S/C16H22N4O4/c1-10-12-9-19(15(21)24-16(2,3)4)13(10)8-18(12)11-5-6-14(17-7-11)20(22)23/h5-7,10,12-13H,8-9H2,1-4H3/t10-,12?,13?/m0/s1. The van der Waals surface area contributed by atoms with E-state index in [1.807, 2.05) is 20.8 Å². The van der Waals surface area contributed by atoms with Gasteiger partial charge < -0.3 is 24.7 Å². The number of fused-ring (bicyclic) bond motifs is 2. The van der Waals surface area contributed by atoms with Gasteiger partial charge in [0.05, 0.1) is 17.8 Å². The third kappa shape index (κ3) is 2.88. The summed E-state index contributed by atoms with van der Waals surface area (Å²) in [5, 5.41) is 10.7. The maximum absolute atomic E-state index is 12.4. The molecule has 2 saturated heterocycles. The summed E-state index contributed by atoms with van der Waals surface area (Å²) in [7, 11) is 0. The van der Waals surface area contributed by atoms with Gasteiger partial charge >= 0.3 is 11.9 Å². The average Bonchev–Trinajstić information content (AvgIpc) is 2.98. The van der Waals surface area contributed by atoms with Crippen molar-refractivity contribution in [1.29, 1.82) is 0 Å². The fourth-order valence-corrected chi connectivity index (χ4v) is 3.51. The van der Waals surface area contributed by atoms with Crippen molar-refractivity contribution in [3.05, 3.63) is 28.4 Å². The minimum atomic E-state index is -0.510. The highest BCUT2D eigenvalue weighted by Crippen LogP contribution is 2.39. The van der Waals surface area contributed by atoms with Crippen LogP contribution in [0.5, 0.6) is 0 Å².